The smallest absolute Gasteiger partial charge is 0.220 e. The third kappa shape index (κ3) is 5.83. The van der Waals surface area contributed by atoms with Gasteiger partial charge in [0.15, 0.2) is 0 Å². The van der Waals surface area contributed by atoms with Gasteiger partial charge in [-0.15, -0.1) is 0 Å². The zero-order chi connectivity index (χ0) is 17.4. The number of carbonyl (C=O) groups is 1. The zero-order valence-electron chi connectivity index (χ0n) is 14.1. The van der Waals surface area contributed by atoms with Crippen molar-refractivity contribution in [2.75, 3.05) is 11.9 Å². The summed E-state index contributed by atoms with van der Waals surface area (Å²) >= 11 is 0. The van der Waals surface area contributed by atoms with Gasteiger partial charge in [-0.2, -0.15) is 0 Å². The van der Waals surface area contributed by atoms with E-state index in [4.69, 9.17) is 15.2 Å². The van der Waals surface area contributed by atoms with Crippen LogP contribution in [0.3, 0.4) is 0 Å². The number of amides is 1. The Balaban J connectivity index is 1.92. The molecule has 0 unspecified atom stereocenters. The monoisotopic (exact) mass is 328 g/mol. The second-order valence-corrected chi connectivity index (χ2v) is 5.73. The molecule has 24 heavy (non-hydrogen) atoms. The van der Waals surface area contributed by atoms with E-state index in [1.54, 1.807) is 0 Å². The van der Waals surface area contributed by atoms with Crippen molar-refractivity contribution >= 4 is 11.6 Å². The van der Waals surface area contributed by atoms with E-state index in [1.165, 1.54) is 0 Å². The number of para-hydroxylation sites is 2. The number of hydrogen-bond acceptors (Lipinski definition) is 4. The lowest BCUT2D eigenvalue weighted by Gasteiger charge is -2.13. The molecule has 0 aliphatic heterocycles. The number of hydrogen-bond donors (Lipinski definition) is 2. The van der Waals surface area contributed by atoms with Gasteiger partial charge in [0.25, 0.3) is 0 Å². The van der Waals surface area contributed by atoms with Crippen LogP contribution in [0.1, 0.15) is 25.8 Å². The lowest BCUT2D eigenvalue weighted by Crippen LogP contribution is -2.15. The van der Waals surface area contributed by atoms with E-state index in [1.807, 2.05) is 62.4 Å². The molecule has 0 aliphatic carbocycles. The van der Waals surface area contributed by atoms with E-state index in [-0.39, 0.29) is 25.0 Å². The molecule has 0 bridgehead atoms. The summed E-state index contributed by atoms with van der Waals surface area (Å²) in [7, 11) is 0. The second-order valence-electron chi connectivity index (χ2n) is 5.73. The van der Waals surface area contributed by atoms with Crippen molar-refractivity contribution in [2.24, 2.45) is 5.73 Å². The summed E-state index contributed by atoms with van der Waals surface area (Å²) in [6.45, 7) is 4.95. The van der Waals surface area contributed by atoms with Crippen LogP contribution in [0.4, 0.5) is 5.69 Å². The fourth-order valence-corrected chi connectivity index (χ4v) is 2.16. The average molecular weight is 328 g/mol. The molecule has 128 valence electrons. The molecule has 2 aromatic rings. The Morgan fingerprint density at radius 3 is 2.50 bits per heavy atom. The van der Waals surface area contributed by atoms with E-state index in [9.17, 15) is 4.79 Å². The quantitative estimate of drug-likeness (QED) is 0.740. The third-order valence-corrected chi connectivity index (χ3v) is 3.27. The van der Waals surface area contributed by atoms with Crippen LogP contribution >= 0.6 is 0 Å². The van der Waals surface area contributed by atoms with Gasteiger partial charge in [-0.25, -0.2) is 0 Å². The average Bonchev–Trinajstić information content (AvgIpc) is 2.54. The summed E-state index contributed by atoms with van der Waals surface area (Å²) in [6.07, 6.45) is 0.365. The number of primary amides is 1. The van der Waals surface area contributed by atoms with Gasteiger partial charge in [0.05, 0.1) is 24.8 Å². The Morgan fingerprint density at radius 2 is 1.83 bits per heavy atom. The second kappa shape index (κ2) is 8.82. The molecule has 0 heterocycles. The van der Waals surface area contributed by atoms with Crippen LogP contribution in [0.15, 0.2) is 48.5 Å². The number of nitrogens with one attached hydrogen (secondary N) is 1. The van der Waals surface area contributed by atoms with E-state index >= 15 is 0 Å². The molecule has 0 spiro atoms. The van der Waals surface area contributed by atoms with Gasteiger partial charge >= 0.3 is 0 Å². The highest BCUT2D eigenvalue weighted by atomic mass is 16.5. The predicted molar refractivity (Wildman–Crippen MR) is 95.3 cm³/mol. The molecule has 3 N–H and O–H groups in total. The molecule has 2 rings (SSSR count). The van der Waals surface area contributed by atoms with Crippen LogP contribution in [0.25, 0.3) is 0 Å². The first-order valence-corrected chi connectivity index (χ1v) is 8.04. The summed E-state index contributed by atoms with van der Waals surface area (Å²) in [5, 5.41) is 3.35. The van der Waals surface area contributed by atoms with Gasteiger partial charge in [-0.1, -0.05) is 24.3 Å². The molecule has 0 aromatic heterocycles. The van der Waals surface area contributed by atoms with Crippen molar-refractivity contribution in [2.45, 2.75) is 32.9 Å². The number of nitrogens with two attached hydrogens (primary N) is 1. The van der Waals surface area contributed by atoms with E-state index in [2.05, 4.69) is 5.32 Å². The van der Waals surface area contributed by atoms with Crippen molar-refractivity contribution in [1.29, 1.82) is 0 Å². The maximum Gasteiger partial charge on any atom is 0.220 e. The predicted octanol–water partition coefficient (Wildman–Crippen LogP) is 3.34. The lowest BCUT2D eigenvalue weighted by atomic mass is 10.2. The fraction of sp³-hybridized carbons (Fsp3) is 0.316. The molecule has 0 fully saturated rings. The first kappa shape index (κ1) is 17.7. The molecule has 5 nitrogen and oxygen atoms in total. The van der Waals surface area contributed by atoms with Crippen molar-refractivity contribution in [3.05, 3.63) is 54.1 Å². The molecule has 5 heteroatoms. The minimum atomic E-state index is -0.371. The van der Waals surface area contributed by atoms with Crippen molar-refractivity contribution in [1.82, 2.24) is 0 Å². The van der Waals surface area contributed by atoms with Crippen LogP contribution in [0.5, 0.6) is 11.5 Å². The number of benzene rings is 2. The molecule has 0 aliphatic rings. The Kier molecular flexibility index (Phi) is 6.49. The van der Waals surface area contributed by atoms with Crippen LogP contribution in [-0.2, 0) is 11.3 Å². The van der Waals surface area contributed by atoms with Crippen molar-refractivity contribution in [3.8, 4) is 11.5 Å². The number of ether oxygens (including phenoxy) is 2. The highest BCUT2D eigenvalue weighted by Gasteiger charge is 2.04. The van der Waals surface area contributed by atoms with E-state index in [0.29, 0.717) is 12.3 Å². The molecule has 0 atom stereocenters. The van der Waals surface area contributed by atoms with E-state index in [0.717, 1.165) is 17.0 Å². The number of anilines is 1. The van der Waals surface area contributed by atoms with Crippen LogP contribution in [0.2, 0.25) is 0 Å². The van der Waals surface area contributed by atoms with Gasteiger partial charge < -0.3 is 20.5 Å². The Labute approximate surface area is 142 Å². The lowest BCUT2D eigenvalue weighted by molar-refractivity contribution is -0.118. The van der Waals surface area contributed by atoms with Crippen LogP contribution in [0, 0.1) is 0 Å². The van der Waals surface area contributed by atoms with E-state index < -0.39 is 0 Å². The first-order chi connectivity index (χ1) is 11.5. The Morgan fingerprint density at radius 1 is 1.12 bits per heavy atom. The van der Waals surface area contributed by atoms with Crippen molar-refractivity contribution in [3.63, 3.8) is 0 Å². The maximum absolute atomic E-state index is 10.8. The van der Waals surface area contributed by atoms with Gasteiger partial charge in [0.2, 0.25) is 5.91 Å². The van der Waals surface area contributed by atoms with Gasteiger partial charge in [0, 0.05) is 6.54 Å². The normalized spacial score (nSPS) is 10.5. The molecule has 0 radical (unpaired) electrons. The maximum atomic E-state index is 10.8. The SMILES string of the molecule is CC(C)Oc1ccc(CNc2ccccc2OCCC(N)=O)cc1. The van der Waals surface area contributed by atoms with Crippen LogP contribution in [-0.4, -0.2) is 18.6 Å². The van der Waals surface area contributed by atoms with Gasteiger partial charge in [0.1, 0.15) is 11.5 Å². The summed E-state index contributed by atoms with van der Waals surface area (Å²) in [5.41, 5.74) is 7.14. The minimum Gasteiger partial charge on any atom is -0.491 e. The number of rotatable bonds is 9. The molecule has 1 amide bonds. The molecular weight excluding hydrogens is 304 g/mol. The highest BCUT2D eigenvalue weighted by Crippen LogP contribution is 2.24. The summed E-state index contributed by atoms with van der Waals surface area (Å²) in [6, 6.07) is 15.6. The summed E-state index contributed by atoms with van der Waals surface area (Å²) < 4.78 is 11.3. The Hall–Kier alpha value is -2.69. The highest BCUT2D eigenvalue weighted by molar-refractivity contribution is 5.73. The molecule has 0 saturated carbocycles. The first-order valence-electron chi connectivity index (χ1n) is 8.04. The Bertz CT molecular complexity index is 654. The minimum absolute atomic E-state index is 0.165. The zero-order valence-corrected chi connectivity index (χ0v) is 14.1. The molecule has 0 saturated heterocycles. The third-order valence-electron chi connectivity index (χ3n) is 3.27. The molecule has 2 aromatic carbocycles. The summed E-state index contributed by atoms with van der Waals surface area (Å²) in [4.78, 5) is 10.8. The summed E-state index contributed by atoms with van der Waals surface area (Å²) in [5.74, 6) is 1.20. The van der Waals surface area contributed by atoms with Gasteiger partial charge in [-0.3, -0.25) is 4.79 Å². The number of carbonyl (C=O) groups excluding carboxylic acids is 1. The topological polar surface area (TPSA) is 73.6 Å². The largest absolute Gasteiger partial charge is 0.491 e. The molecular formula is C19H24N2O3. The van der Waals surface area contributed by atoms with Crippen molar-refractivity contribution < 1.29 is 14.3 Å². The van der Waals surface area contributed by atoms with Crippen LogP contribution < -0.4 is 20.5 Å². The fourth-order valence-electron chi connectivity index (χ4n) is 2.16. The van der Waals surface area contributed by atoms with Gasteiger partial charge in [-0.05, 0) is 43.7 Å². The standard InChI is InChI=1S/C19H24N2O3/c1-14(2)24-16-9-7-15(8-10-16)13-21-17-5-3-4-6-18(17)23-12-11-19(20)22/h3-10,14,21H,11-13H2,1-2H3,(H2,20,22).